The minimum absolute atomic E-state index is 0.0435. The number of benzene rings is 1. The third-order valence-corrected chi connectivity index (χ3v) is 5.80. The van der Waals surface area contributed by atoms with Gasteiger partial charge in [-0.1, -0.05) is 29.8 Å². The van der Waals surface area contributed by atoms with Crippen LogP contribution in [0.4, 0.5) is 5.69 Å². The van der Waals surface area contributed by atoms with Crippen LogP contribution in [-0.4, -0.2) is 38.8 Å². The van der Waals surface area contributed by atoms with Gasteiger partial charge in [-0.05, 0) is 43.9 Å². The molecular weight excluding hydrogens is 446 g/mol. The van der Waals surface area contributed by atoms with E-state index >= 15 is 0 Å². The van der Waals surface area contributed by atoms with Gasteiger partial charge in [0, 0.05) is 18.2 Å². The molecule has 2 amide bonds. The Labute approximate surface area is 194 Å². The summed E-state index contributed by atoms with van der Waals surface area (Å²) in [5, 5.41) is 6.16. The van der Waals surface area contributed by atoms with E-state index in [9.17, 15) is 14.4 Å². The normalized spacial score (nSPS) is 17.7. The number of nitrogens with zero attached hydrogens (tertiary/aromatic N) is 2. The summed E-state index contributed by atoms with van der Waals surface area (Å²) in [7, 11) is 0. The number of pyridine rings is 1. The summed E-state index contributed by atoms with van der Waals surface area (Å²) in [6.45, 7) is 0. The van der Waals surface area contributed by atoms with E-state index in [2.05, 4.69) is 25.6 Å². The number of carbonyl (C=O) groups excluding carboxylic acids is 3. The Balaban J connectivity index is 1.30. The molecule has 9 nitrogen and oxygen atoms in total. The summed E-state index contributed by atoms with van der Waals surface area (Å²) >= 11 is 6.07. The van der Waals surface area contributed by atoms with E-state index in [1.54, 1.807) is 42.6 Å². The average molecular weight is 468 g/mol. The largest absolute Gasteiger partial charge is 0.422 e. The summed E-state index contributed by atoms with van der Waals surface area (Å²) in [6, 6.07) is 10.1. The third kappa shape index (κ3) is 5.56. The Morgan fingerprint density at radius 1 is 1.06 bits per heavy atom. The van der Waals surface area contributed by atoms with Gasteiger partial charge in [0.2, 0.25) is 5.91 Å². The first-order chi connectivity index (χ1) is 16.0. The molecule has 0 saturated heterocycles. The smallest absolute Gasteiger partial charge is 0.364 e. The quantitative estimate of drug-likeness (QED) is 0.375. The summed E-state index contributed by atoms with van der Waals surface area (Å²) in [6.07, 6.45) is 6.82. The molecule has 10 heteroatoms. The van der Waals surface area contributed by atoms with Crippen molar-refractivity contribution in [2.24, 2.45) is 5.92 Å². The number of aromatic nitrogens is 3. The molecule has 2 heterocycles. The molecule has 0 aliphatic heterocycles. The summed E-state index contributed by atoms with van der Waals surface area (Å²) in [4.78, 5) is 48.4. The Hall–Kier alpha value is -3.72. The molecule has 33 heavy (non-hydrogen) atoms. The molecule has 170 valence electrons. The fourth-order valence-electron chi connectivity index (χ4n) is 3.73. The van der Waals surface area contributed by atoms with E-state index in [-0.39, 0.29) is 29.3 Å². The molecule has 0 spiro atoms. The van der Waals surface area contributed by atoms with Crippen molar-refractivity contribution in [1.82, 2.24) is 20.3 Å². The number of hydrogen-bond acceptors (Lipinski definition) is 6. The van der Waals surface area contributed by atoms with Crippen LogP contribution in [0.15, 0.2) is 55.1 Å². The maximum absolute atomic E-state index is 12.8. The number of ether oxygens (including phenoxy) is 1. The highest BCUT2D eigenvalue weighted by Crippen LogP contribution is 2.27. The molecule has 2 aromatic heterocycles. The number of aromatic amines is 1. The number of nitrogens with one attached hydrogen (secondary N) is 3. The van der Waals surface area contributed by atoms with Gasteiger partial charge in [-0.2, -0.15) is 0 Å². The summed E-state index contributed by atoms with van der Waals surface area (Å²) in [5.41, 5.74) is 0.438. The zero-order chi connectivity index (χ0) is 23.2. The molecule has 0 unspecified atom stereocenters. The molecule has 1 fully saturated rings. The molecule has 4 rings (SSSR count). The molecule has 1 saturated carbocycles. The van der Waals surface area contributed by atoms with Crippen LogP contribution in [0, 0.1) is 5.92 Å². The number of anilines is 1. The summed E-state index contributed by atoms with van der Waals surface area (Å²) < 4.78 is 5.28. The number of hydrogen-bond donors (Lipinski definition) is 3. The number of esters is 1. The maximum atomic E-state index is 12.8. The predicted octanol–water partition coefficient (Wildman–Crippen LogP) is 3.60. The van der Waals surface area contributed by atoms with E-state index in [1.807, 2.05) is 0 Å². The SMILES string of the molecule is O=C(Oc1ccccc1)c1nc[nH]c1C(=O)NC1CCC(C(=O)Nc2cnccc2Cl)CC1. The molecule has 1 aliphatic carbocycles. The van der Waals surface area contributed by atoms with E-state index in [0.29, 0.717) is 42.1 Å². The van der Waals surface area contributed by atoms with Crippen LogP contribution >= 0.6 is 11.6 Å². The molecule has 3 aromatic rings. The minimum Gasteiger partial charge on any atom is -0.422 e. The van der Waals surface area contributed by atoms with Gasteiger partial charge in [0.15, 0.2) is 5.69 Å². The predicted molar refractivity (Wildman–Crippen MR) is 121 cm³/mol. The van der Waals surface area contributed by atoms with Gasteiger partial charge in [-0.15, -0.1) is 0 Å². The lowest BCUT2D eigenvalue weighted by atomic mass is 9.85. The second kappa shape index (κ2) is 10.3. The zero-order valence-electron chi connectivity index (χ0n) is 17.6. The second-order valence-electron chi connectivity index (χ2n) is 7.70. The first-order valence-corrected chi connectivity index (χ1v) is 10.9. The average Bonchev–Trinajstić information content (AvgIpc) is 3.32. The number of imidazole rings is 1. The van der Waals surface area contributed by atoms with Crippen LogP contribution in [0.5, 0.6) is 5.75 Å². The van der Waals surface area contributed by atoms with Gasteiger partial charge < -0.3 is 20.4 Å². The van der Waals surface area contributed by atoms with Crippen molar-refractivity contribution in [2.75, 3.05) is 5.32 Å². The number of carbonyl (C=O) groups is 3. The van der Waals surface area contributed by atoms with E-state index in [4.69, 9.17) is 16.3 Å². The number of para-hydroxylation sites is 1. The fourth-order valence-corrected chi connectivity index (χ4v) is 3.88. The standard InChI is InChI=1S/C23H22ClN5O4/c24-17-10-11-25-12-18(17)29-21(30)14-6-8-15(9-7-14)28-22(31)19-20(27-13-26-19)23(32)33-16-4-2-1-3-5-16/h1-5,10-15H,6-9H2,(H,26,27)(H,28,31)(H,29,30). The van der Waals surface area contributed by atoms with Gasteiger partial charge in [0.1, 0.15) is 11.4 Å². The first-order valence-electron chi connectivity index (χ1n) is 10.5. The van der Waals surface area contributed by atoms with Gasteiger partial charge >= 0.3 is 5.97 Å². The lowest BCUT2D eigenvalue weighted by molar-refractivity contribution is -0.120. The lowest BCUT2D eigenvalue weighted by Crippen LogP contribution is -2.40. The Morgan fingerprint density at radius 2 is 1.82 bits per heavy atom. The van der Waals surface area contributed by atoms with Crippen LogP contribution in [0.1, 0.15) is 46.7 Å². The number of halogens is 1. The van der Waals surface area contributed by atoms with E-state index < -0.39 is 11.9 Å². The molecule has 0 bridgehead atoms. The van der Waals surface area contributed by atoms with Gasteiger partial charge in [-0.25, -0.2) is 9.78 Å². The molecular formula is C23H22ClN5O4. The van der Waals surface area contributed by atoms with Crippen molar-refractivity contribution < 1.29 is 19.1 Å². The van der Waals surface area contributed by atoms with Crippen molar-refractivity contribution in [3.05, 3.63) is 71.5 Å². The highest BCUT2D eigenvalue weighted by Gasteiger charge is 2.29. The zero-order valence-corrected chi connectivity index (χ0v) is 18.3. The van der Waals surface area contributed by atoms with Gasteiger partial charge in [0.05, 0.1) is 23.2 Å². The monoisotopic (exact) mass is 467 g/mol. The molecule has 0 radical (unpaired) electrons. The highest BCUT2D eigenvalue weighted by atomic mass is 35.5. The number of rotatable bonds is 6. The van der Waals surface area contributed by atoms with Gasteiger partial charge in [0.25, 0.3) is 5.91 Å². The van der Waals surface area contributed by atoms with Crippen molar-refractivity contribution in [3.63, 3.8) is 0 Å². The van der Waals surface area contributed by atoms with Crippen LogP contribution in [-0.2, 0) is 4.79 Å². The second-order valence-corrected chi connectivity index (χ2v) is 8.10. The van der Waals surface area contributed by atoms with Crippen molar-refractivity contribution in [1.29, 1.82) is 0 Å². The fraction of sp³-hybridized carbons (Fsp3) is 0.261. The van der Waals surface area contributed by atoms with E-state index in [1.165, 1.54) is 12.5 Å². The molecule has 0 atom stereocenters. The molecule has 3 N–H and O–H groups in total. The summed E-state index contributed by atoms with van der Waals surface area (Å²) in [5.74, 6) is -1.10. The van der Waals surface area contributed by atoms with Crippen LogP contribution < -0.4 is 15.4 Å². The Morgan fingerprint density at radius 3 is 2.55 bits per heavy atom. The highest BCUT2D eigenvalue weighted by molar-refractivity contribution is 6.33. The Bertz CT molecular complexity index is 1140. The molecule has 1 aromatic carbocycles. The van der Waals surface area contributed by atoms with Crippen LogP contribution in [0.25, 0.3) is 0 Å². The van der Waals surface area contributed by atoms with Crippen molar-refractivity contribution in [2.45, 2.75) is 31.7 Å². The van der Waals surface area contributed by atoms with E-state index in [0.717, 1.165) is 0 Å². The molecule has 1 aliphatic rings. The Kier molecular flexibility index (Phi) is 6.99. The van der Waals surface area contributed by atoms with Crippen molar-refractivity contribution in [3.8, 4) is 5.75 Å². The van der Waals surface area contributed by atoms with Crippen LogP contribution in [0.2, 0.25) is 5.02 Å². The topological polar surface area (TPSA) is 126 Å². The van der Waals surface area contributed by atoms with Crippen molar-refractivity contribution >= 4 is 35.1 Å². The number of amides is 2. The maximum Gasteiger partial charge on any atom is 0.364 e. The lowest BCUT2D eigenvalue weighted by Gasteiger charge is -2.28. The third-order valence-electron chi connectivity index (χ3n) is 5.47. The first kappa shape index (κ1) is 22.5. The van der Waals surface area contributed by atoms with Gasteiger partial charge in [-0.3, -0.25) is 14.6 Å². The number of H-pyrrole nitrogens is 1. The minimum atomic E-state index is -0.720. The van der Waals surface area contributed by atoms with Crippen LogP contribution in [0.3, 0.4) is 0 Å².